The highest BCUT2D eigenvalue weighted by atomic mass is 16.5. The van der Waals surface area contributed by atoms with Gasteiger partial charge in [-0.15, -0.1) is 0 Å². The Labute approximate surface area is 73.2 Å². The van der Waals surface area contributed by atoms with Gasteiger partial charge in [0.2, 0.25) is 0 Å². The lowest BCUT2D eigenvalue weighted by Crippen LogP contribution is -2.59. The Bertz CT molecular complexity index is 174. The standard InChI is InChI=1S/C9H17NO2/c1-2-12-9(6-10)3-7-4-11-5-8(7)9/h7-8H,2-6,10H2,1H3/t7-,8+,9?/m0/s1. The summed E-state index contributed by atoms with van der Waals surface area (Å²) in [6.07, 6.45) is 1.10. The second kappa shape index (κ2) is 2.98. The largest absolute Gasteiger partial charge is 0.381 e. The summed E-state index contributed by atoms with van der Waals surface area (Å²) in [5.41, 5.74) is 5.70. The van der Waals surface area contributed by atoms with Crippen molar-refractivity contribution in [3.8, 4) is 0 Å². The van der Waals surface area contributed by atoms with Crippen LogP contribution < -0.4 is 5.73 Å². The van der Waals surface area contributed by atoms with E-state index in [0.29, 0.717) is 12.5 Å². The molecular formula is C9H17NO2. The van der Waals surface area contributed by atoms with Crippen LogP contribution in [-0.2, 0) is 9.47 Å². The van der Waals surface area contributed by atoms with Crippen molar-refractivity contribution in [3.63, 3.8) is 0 Å². The SMILES string of the molecule is CCOC1(CN)C[C@H]2COC[C@H]21. The van der Waals surface area contributed by atoms with Gasteiger partial charge < -0.3 is 15.2 Å². The van der Waals surface area contributed by atoms with Crippen LogP contribution in [0.1, 0.15) is 13.3 Å². The van der Waals surface area contributed by atoms with Gasteiger partial charge in [-0.05, 0) is 19.3 Å². The fraction of sp³-hybridized carbons (Fsp3) is 1.00. The van der Waals surface area contributed by atoms with Crippen molar-refractivity contribution in [1.29, 1.82) is 0 Å². The van der Waals surface area contributed by atoms with Crippen molar-refractivity contribution in [2.75, 3.05) is 26.4 Å². The maximum atomic E-state index is 5.73. The summed E-state index contributed by atoms with van der Waals surface area (Å²) in [6.45, 7) is 5.20. The van der Waals surface area contributed by atoms with Crippen molar-refractivity contribution in [3.05, 3.63) is 0 Å². The van der Waals surface area contributed by atoms with E-state index in [1.54, 1.807) is 0 Å². The average Bonchev–Trinajstić information content (AvgIpc) is 2.44. The molecule has 12 heavy (non-hydrogen) atoms. The quantitative estimate of drug-likeness (QED) is 0.668. The van der Waals surface area contributed by atoms with Gasteiger partial charge in [0.1, 0.15) is 0 Å². The van der Waals surface area contributed by atoms with Gasteiger partial charge in [0.15, 0.2) is 0 Å². The fourth-order valence-corrected chi connectivity index (χ4v) is 2.56. The third-order valence-corrected chi connectivity index (χ3v) is 3.26. The first-order chi connectivity index (χ1) is 5.82. The first-order valence-electron chi connectivity index (χ1n) is 4.74. The van der Waals surface area contributed by atoms with Crippen LogP contribution in [-0.4, -0.2) is 32.0 Å². The average molecular weight is 171 g/mol. The summed E-state index contributed by atoms with van der Waals surface area (Å²) in [4.78, 5) is 0. The number of rotatable bonds is 3. The number of fused-ring (bicyclic) bond motifs is 1. The fourth-order valence-electron chi connectivity index (χ4n) is 2.56. The van der Waals surface area contributed by atoms with Gasteiger partial charge in [-0.2, -0.15) is 0 Å². The van der Waals surface area contributed by atoms with E-state index in [9.17, 15) is 0 Å². The molecule has 0 aromatic rings. The molecule has 3 nitrogen and oxygen atoms in total. The summed E-state index contributed by atoms with van der Waals surface area (Å²) in [5.74, 6) is 1.29. The second-order valence-corrected chi connectivity index (χ2v) is 3.81. The Morgan fingerprint density at radius 3 is 3.00 bits per heavy atom. The molecule has 2 rings (SSSR count). The Morgan fingerprint density at radius 2 is 2.42 bits per heavy atom. The molecule has 3 atom stereocenters. The zero-order valence-electron chi connectivity index (χ0n) is 7.58. The molecule has 0 aromatic carbocycles. The molecule has 3 heteroatoms. The molecule has 1 heterocycles. The van der Waals surface area contributed by atoms with Crippen molar-refractivity contribution in [2.45, 2.75) is 18.9 Å². The predicted octanol–water partition coefficient (Wildman–Crippen LogP) is 0.387. The molecular weight excluding hydrogens is 154 g/mol. The number of hydrogen-bond donors (Lipinski definition) is 1. The topological polar surface area (TPSA) is 44.5 Å². The number of hydrogen-bond acceptors (Lipinski definition) is 3. The second-order valence-electron chi connectivity index (χ2n) is 3.81. The van der Waals surface area contributed by atoms with Crippen LogP contribution in [0.2, 0.25) is 0 Å². The van der Waals surface area contributed by atoms with Crippen molar-refractivity contribution < 1.29 is 9.47 Å². The monoisotopic (exact) mass is 171 g/mol. The molecule has 0 amide bonds. The van der Waals surface area contributed by atoms with Crippen LogP contribution in [0.25, 0.3) is 0 Å². The van der Waals surface area contributed by atoms with E-state index in [2.05, 4.69) is 0 Å². The molecule has 1 aliphatic carbocycles. The van der Waals surface area contributed by atoms with Gasteiger partial charge in [-0.3, -0.25) is 0 Å². The molecule has 70 valence electrons. The van der Waals surface area contributed by atoms with E-state index in [4.69, 9.17) is 15.2 Å². The lowest BCUT2D eigenvalue weighted by atomic mass is 9.63. The molecule has 1 saturated carbocycles. The Hall–Kier alpha value is -0.120. The molecule has 2 aliphatic rings. The van der Waals surface area contributed by atoms with Gasteiger partial charge in [-0.1, -0.05) is 0 Å². The van der Waals surface area contributed by atoms with Crippen LogP contribution >= 0.6 is 0 Å². The van der Waals surface area contributed by atoms with Gasteiger partial charge >= 0.3 is 0 Å². The van der Waals surface area contributed by atoms with Crippen LogP contribution in [0.15, 0.2) is 0 Å². The van der Waals surface area contributed by atoms with Crippen LogP contribution in [0.3, 0.4) is 0 Å². The molecule has 0 spiro atoms. The van der Waals surface area contributed by atoms with E-state index < -0.39 is 0 Å². The van der Waals surface area contributed by atoms with E-state index in [1.807, 2.05) is 6.92 Å². The Kier molecular flexibility index (Phi) is 2.10. The predicted molar refractivity (Wildman–Crippen MR) is 45.8 cm³/mol. The van der Waals surface area contributed by atoms with E-state index in [1.165, 1.54) is 0 Å². The highest BCUT2D eigenvalue weighted by Crippen LogP contribution is 2.49. The number of nitrogens with two attached hydrogens (primary N) is 1. The minimum absolute atomic E-state index is 0.0318. The van der Waals surface area contributed by atoms with Crippen molar-refractivity contribution in [1.82, 2.24) is 0 Å². The van der Waals surface area contributed by atoms with Crippen LogP contribution in [0.5, 0.6) is 0 Å². The molecule has 2 fully saturated rings. The summed E-state index contributed by atoms with van der Waals surface area (Å²) in [7, 11) is 0. The number of ether oxygens (including phenoxy) is 2. The molecule has 0 radical (unpaired) electrons. The first kappa shape index (κ1) is 8.48. The zero-order valence-corrected chi connectivity index (χ0v) is 7.58. The molecule has 2 N–H and O–H groups in total. The van der Waals surface area contributed by atoms with Crippen molar-refractivity contribution >= 4 is 0 Å². The van der Waals surface area contributed by atoms with E-state index in [0.717, 1.165) is 32.2 Å². The summed E-state index contributed by atoms with van der Waals surface area (Å²) in [5, 5.41) is 0. The summed E-state index contributed by atoms with van der Waals surface area (Å²) >= 11 is 0. The lowest BCUT2D eigenvalue weighted by molar-refractivity contribution is -0.153. The maximum Gasteiger partial charge on any atom is 0.0861 e. The Balaban J connectivity index is 2.01. The molecule has 1 unspecified atom stereocenters. The van der Waals surface area contributed by atoms with Gasteiger partial charge in [-0.25, -0.2) is 0 Å². The van der Waals surface area contributed by atoms with Gasteiger partial charge in [0, 0.05) is 25.7 Å². The van der Waals surface area contributed by atoms with Crippen LogP contribution in [0, 0.1) is 11.8 Å². The van der Waals surface area contributed by atoms with Crippen LogP contribution in [0.4, 0.5) is 0 Å². The van der Waals surface area contributed by atoms with Gasteiger partial charge in [0.25, 0.3) is 0 Å². The lowest BCUT2D eigenvalue weighted by Gasteiger charge is -2.50. The summed E-state index contributed by atoms with van der Waals surface area (Å²) < 4.78 is 11.1. The van der Waals surface area contributed by atoms with E-state index >= 15 is 0 Å². The van der Waals surface area contributed by atoms with Gasteiger partial charge in [0.05, 0.1) is 12.2 Å². The smallest absolute Gasteiger partial charge is 0.0861 e. The highest BCUT2D eigenvalue weighted by molar-refractivity contribution is 5.06. The maximum absolute atomic E-state index is 5.73. The normalized spacial score (nSPS) is 45.5. The third kappa shape index (κ3) is 1.00. The molecule has 0 bridgehead atoms. The zero-order chi connectivity index (χ0) is 8.60. The third-order valence-electron chi connectivity index (χ3n) is 3.26. The molecule has 1 aliphatic heterocycles. The first-order valence-corrected chi connectivity index (χ1v) is 4.74. The molecule has 1 saturated heterocycles. The minimum Gasteiger partial charge on any atom is -0.381 e. The van der Waals surface area contributed by atoms with Crippen molar-refractivity contribution in [2.24, 2.45) is 17.6 Å². The highest BCUT2D eigenvalue weighted by Gasteiger charge is 2.56. The molecule has 0 aromatic heterocycles. The minimum atomic E-state index is -0.0318. The summed E-state index contributed by atoms with van der Waals surface area (Å²) in [6, 6.07) is 0. The van der Waals surface area contributed by atoms with E-state index in [-0.39, 0.29) is 5.60 Å². The Morgan fingerprint density at radius 1 is 1.58 bits per heavy atom.